The van der Waals surface area contributed by atoms with Gasteiger partial charge in [0.1, 0.15) is 6.54 Å². The number of benzene rings is 2. The zero-order valence-corrected chi connectivity index (χ0v) is 20.4. The Labute approximate surface area is 206 Å². The molecule has 1 aliphatic rings. The van der Waals surface area contributed by atoms with Crippen LogP contribution in [0.1, 0.15) is 44.0 Å². The van der Waals surface area contributed by atoms with Crippen molar-refractivity contribution in [3.05, 3.63) is 93.8 Å². The molecule has 1 saturated heterocycles. The molecule has 0 aliphatic carbocycles. The summed E-state index contributed by atoms with van der Waals surface area (Å²) in [6.07, 6.45) is -4.46. The molecule has 1 aromatic heterocycles. The van der Waals surface area contributed by atoms with Crippen molar-refractivity contribution in [1.29, 1.82) is 0 Å². The predicted molar refractivity (Wildman–Crippen MR) is 128 cm³/mol. The van der Waals surface area contributed by atoms with Gasteiger partial charge in [-0.1, -0.05) is 48.5 Å². The zero-order chi connectivity index (χ0) is 26.4. The van der Waals surface area contributed by atoms with Crippen LogP contribution in [0.5, 0.6) is 0 Å². The topological polar surface area (TPSA) is 71.4 Å². The molecule has 9 heteroatoms. The molecule has 3 amide bonds. The van der Waals surface area contributed by atoms with Gasteiger partial charge in [-0.2, -0.15) is 13.2 Å². The number of ketones is 1. The average Bonchev–Trinajstić information content (AvgIpc) is 3.23. The quantitative estimate of drug-likeness (QED) is 0.387. The predicted octanol–water partition coefficient (Wildman–Crippen LogP) is 4.96. The molecule has 0 spiro atoms. The normalized spacial score (nSPS) is 18.0. The summed E-state index contributed by atoms with van der Waals surface area (Å²) in [7, 11) is 0. The first-order valence-electron chi connectivity index (χ1n) is 11.4. The molecule has 36 heavy (non-hydrogen) atoms. The summed E-state index contributed by atoms with van der Waals surface area (Å²) >= 11 is 0. The van der Waals surface area contributed by atoms with Crippen molar-refractivity contribution in [1.82, 2.24) is 14.8 Å². The van der Waals surface area contributed by atoms with Crippen molar-refractivity contribution >= 4 is 17.7 Å². The van der Waals surface area contributed by atoms with Crippen LogP contribution in [0.3, 0.4) is 0 Å². The third-order valence-corrected chi connectivity index (χ3v) is 6.77. The van der Waals surface area contributed by atoms with Gasteiger partial charge in [0.25, 0.3) is 5.91 Å². The number of nitrogens with one attached hydrogen (secondary N) is 1. The number of aromatic nitrogens is 1. The van der Waals surface area contributed by atoms with Gasteiger partial charge in [-0.3, -0.25) is 14.5 Å². The summed E-state index contributed by atoms with van der Waals surface area (Å²) < 4.78 is 40.0. The average molecular weight is 498 g/mol. The number of imide groups is 1. The van der Waals surface area contributed by atoms with Crippen LogP contribution in [0.2, 0.25) is 0 Å². The van der Waals surface area contributed by atoms with Crippen LogP contribution >= 0.6 is 0 Å². The Morgan fingerprint density at radius 1 is 0.917 bits per heavy atom. The third-order valence-electron chi connectivity index (χ3n) is 6.77. The molecule has 1 fully saturated rings. The number of urea groups is 1. The maximum absolute atomic E-state index is 13.9. The summed E-state index contributed by atoms with van der Waals surface area (Å²) in [5.41, 5.74) is 1.92. The Hall–Kier alpha value is -3.88. The van der Waals surface area contributed by atoms with Gasteiger partial charge in [0.15, 0.2) is 11.3 Å². The number of nitrogens with zero attached hydrogens (tertiary/aromatic N) is 2. The second-order valence-corrected chi connectivity index (χ2v) is 9.15. The van der Waals surface area contributed by atoms with Crippen molar-refractivity contribution in [3.8, 4) is 0 Å². The number of amides is 3. The molecule has 6 nitrogen and oxygen atoms in total. The van der Waals surface area contributed by atoms with Crippen molar-refractivity contribution in [2.24, 2.45) is 0 Å². The van der Waals surface area contributed by atoms with E-state index in [1.807, 2.05) is 26.0 Å². The minimum absolute atomic E-state index is 0.0424. The van der Waals surface area contributed by atoms with Crippen molar-refractivity contribution in [2.45, 2.75) is 46.0 Å². The molecule has 0 radical (unpaired) electrons. The van der Waals surface area contributed by atoms with Crippen LogP contribution in [-0.2, 0) is 16.9 Å². The second kappa shape index (κ2) is 8.96. The van der Waals surface area contributed by atoms with Gasteiger partial charge >= 0.3 is 12.2 Å². The van der Waals surface area contributed by atoms with Gasteiger partial charge in [-0.25, -0.2) is 4.79 Å². The van der Waals surface area contributed by atoms with Gasteiger partial charge in [0.05, 0.1) is 6.54 Å². The highest BCUT2D eigenvalue weighted by molar-refractivity contribution is 6.13. The van der Waals surface area contributed by atoms with E-state index in [1.165, 1.54) is 19.9 Å². The lowest BCUT2D eigenvalue weighted by molar-refractivity contribution is -0.141. The molecule has 0 bridgehead atoms. The summed E-state index contributed by atoms with van der Waals surface area (Å²) in [6, 6.07) is 14.8. The molecule has 1 N–H and O–H groups in total. The summed E-state index contributed by atoms with van der Waals surface area (Å²) in [4.78, 5) is 41.0. The van der Waals surface area contributed by atoms with Gasteiger partial charge < -0.3 is 9.88 Å². The highest BCUT2D eigenvalue weighted by Gasteiger charge is 2.54. The van der Waals surface area contributed by atoms with E-state index >= 15 is 0 Å². The van der Waals surface area contributed by atoms with E-state index in [-0.39, 0.29) is 17.0 Å². The van der Waals surface area contributed by atoms with E-state index < -0.39 is 42.5 Å². The van der Waals surface area contributed by atoms with E-state index in [2.05, 4.69) is 5.32 Å². The van der Waals surface area contributed by atoms with Gasteiger partial charge in [0.2, 0.25) is 0 Å². The number of halogens is 3. The van der Waals surface area contributed by atoms with Crippen LogP contribution in [-0.4, -0.2) is 39.9 Å². The number of carbonyl (C=O) groups is 3. The fourth-order valence-corrected chi connectivity index (χ4v) is 4.68. The van der Waals surface area contributed by atoms with E-state index in [9.17, 15) is 27.6 Å². The zero-order valence-electron chi connectivity index (χ0n) is 20.4. The summed E-state index contributed by atoms with van der Waals surface area (Å²) in [5, 5.41) is 2.80. The highest BCUT2D eigenvalue weighted by Crippen LogP contribution is 2.37. The first-order chi connectivity index (χ1) is 16.8. The molecular weight excluding hydrogens is 471 g/mol. The Bertz CT molecular complexity index is 1360. The van der Waals surface area contributed by atoms with Gasteiger partial charge in [-0.15, -0.1) is 0 Å². The molecule has 1 atom stereocenters. The molecule has 0 unspecified atom stereocenters. The monoisotopic (exact) mass is 497 g/mol. The molecule has 0 saturated carbocycles. The van der Waals surface area contributed by atoms with Crippen molar-refractivity contribution in [2.75, 3.05) is 6.54 Å². The number of hydrogen-bond acceptors (Lipinski definition) is 3. The standard InChI is InChI=1S/C27H26F3N3O3/c1-16-10-11-21(12-17(16)2)27(20-8-6-5-7-9-20)24(35)32(25(36)31-27)14-23(34)22-13-18(3)33(19(22)4)15-26(28,29)30/h5-13H,14-15H2,1-4H3,(H,31,36)/t27-/m0/s1. The number of hydrogen-bond donors (Lipinski definition) is 1. The summed E-state index contributed by atoms with van der Waals surface area (Å²) in [5.74, 6) is -1.25. The fraction of sp³-hybridized carbons (Fsp3) is 0.296. The number of rotatable bonds is 6. The molecule has 1 aliphatic heterocycles. The Balaban J connectivity index is 1.72. The lowest BCUT2D eigenvalue weighted by Gasteiger charge is -2.28. The van der Waals surface area contributed by atoms with Crippen molar-refractivity contribution in [3.63, 3.8) is 0 Å². The second-order valence-electron chi connectivity index (χ2n) is 9.15. The molecule has 2 heterocycles. The van der Waals surface area contributed by atoms with Crippen LogP contribution < -0.4 is 5.32 Å². The first-order valence-corrected chi connectivity index (χ1v) is 11.4. The van der Waals surface area contributed by atoms with E-state index in [4.69, 9.17) is 0 Å². The SMILES string of the molecule is Cc1ccc([C@]2(c3ccccc3)NC(=O)N(CC(=O)c3cc(C)n(CC(F)(F)F)c3C)C2=O)cc1C. The minimum atomic E-state index is -4.46. The number of aryl methyl sites for hydroxylation is 3. The highest BCUT2D eigenvalue weighted by atomic mass is 19.4. The van der Waals surface area contributed by atoms with Crippen LogP contribution in [0.25, 0.3) is 0 Å². The Morgan fingerprint density at radius 2 is 1.58 bits per heavy atom. The molecule has 188 valence electrons. The van der Waals surface area contributed by atoms with Crippen molar-refractivity contribution < 1.29 is 27.6 Å². The lowest BCUT2D eigenvalue weighted by Crippen LogP contribution is -2.45. The molecule has 2 aromatic carbocycles. The Kier molecular flexibility index (Phi) is 6.28. The first kappa shape index (κ1) is 25.2. The molecule has 4 rings (SSSR count). The van der Waals surface area contributed by atoms with Crippen LogP contribution in [0.15, 0.2) is 54.6 Å². The molecule has 3 aromatic rings. The van der Waals surface area contributed by atoms with E-state index in [0.717, 1.165) is 20.6 Å². The van der Waals surface area contributed by atoms with E-state index in [0.29, 0.717) is 11.1 Å². The van der Waals surface area contributed by atoms with Crippen LogP contribution in [0, 0.1) is 27.7 Å². The van der Waals surface area contributed by atoms with Gasteiger partial charge in [0, 0.05) is 17.0 Å². The fourth-order valence-electron chi connectivity index (χ4n) is 4.68. The number of Topliss-reactive ketones (excluding diaryl/α,β-unsaturated/α-hetero) is 1. The van der Waals surface area contributed by atoms with Gasteiger partial charge in [-0.05, 0) is 56.0 Å². The molecular formula is C27H26F3N3O3. The summed E-state index contributed by atoms with van der Waals surface area (Å²) in [6.45, 7) is 4.90. The lowest BCUT2D eigenvalue weighted by atomic mass is 9.81. The maximum atomic E-state index is 13.9. The minimum Gasteiger partial charge on any atom is -0.339 e. The van der Waals surface area contributed by atoms with Crippen LogP contribution in [0.4, 0.5) is 18.0 Å². The Morgan fingerprint density at radius 3 is 2.19 bits per heavy atom. The largest absolute Gasteiger partial charge is 0.406 e. The number of carbonyl (C=O) groups excluding carboxylic acids is 3. The number of alkyl halides is 3. The smallest absolute Gasteiger partial charge is 0.339 e. The third kappa shape index (κ3) is 4.29. The van der Waals surface area contributed by atoms with E-state index in [1.54, 1.807) is 36.4 Å². The maximum Gasteiger partial charge on any atom is 0.406 e.